The van der Waals surface area contributed by atoms with Gasteiger partial charge in [0.2, 0.25) is 5.91 Å². The van der Waals surface area contributed by atoms with Crippen molar-refractivity contribution in [1.82, 2.24) is 4.90 Å². The average Bonchev–Trinajstić information content (AvgIpc) is 3.33. The number of nitrogens with two attached hydrogens (primary N) is 2. The molecule has 1 aliphatic heterocycles. The van der Waals surface area contributed by atoms with Gasteiger partial charge in [0.25, 0.3) is 0 Å². The van der Waals surface area contributed by atoms with E-state index in [1.165, 1.54) is 17.0 Å². The Kier molecular flexibility index (Phi) is 6.97. The Bertz CT molecular complexity index is 1310. The minimum Gasteiger partial charge on any atom is -0.340 e. The van der Waals surface area contributed by atoms with Crippen molar-refractivity contribution < 1.29 is 22.2 Å². The lowest BCUT2D eigenvalue weighted by molar-refractivity contribution is -0.146. The van der Waals surface area contributed by atoms with E-state index in [1.54, 1.807) is 18.2 Å². The molecule has 1 aliphatic rings. The predicted molar refractivity (Wildman–Crippen MR) is 128 cm³/mol. The third-order valence-corrected chi connectivity index (χ3v) is 7.26. The summed E-state index contributed by atoms with van der Waals surface area (Å²) in [5, 5.41) is 1.58. The first kappa shape index (κ1) is 23.9. The highest BCUT2D eigenvalue weighted by Gasteiger charge is 2.39. The van der Waals surface area contributed by atoms with Crippen molar-refractivity contribution in [3.05, 3.63) is 77.9 Å². The fourth-order valence-corrected chi connectivity index (χ4v) is 5.11. The van der Waals surface area contributed by atoms with Crippen molar-refractivity contribution >= 4 is 32.8 Å². The Morgan fingerprint density at radius 3 is 2.38 bits per heavy atom. The molecule has 2 atom stereocenters. The highest BCUT2D eigenvalue weighted by atomic mass is 32.2. The maximum Gasteiger partial charge on any atom is 0.344 e. The first-order valence-electron chi connectivity index (χ1n) is 11.1. The molecular weight excluding hydrogens is 454 g/mol. The van der Waals surface area contributed by atoms with Crippen LogP contribution >= 0.6 is 0 Å². The molecule has 1 amide bonds. The molecule has 34 heavy (non-hydrogen) atoms. The monoisotopic (exact) mass is 481 g/mol. The van der Waals surface area contributed by atoms with Crippen molar-refractivity contribution in [2.24, 2.45) is 11.5 Å². The smallest absolute Gasteiger partial charge is 0.340 e. The highest BCUT2D eigenvalue weighted by Crippen LogP contribution is 2.24. The van der Waals surface area contributed by atoms with Crippen LogP contribution in [0, 0.1) is 0 Å². The van der Waals surface area contributed by atoms with E-state index in [2.05, 4.69) is 0 Å². The summed E-state index contributed by atoms with van der Waals surface area (Å²) in [6.07, 6.45) is 1.16. The third kappa shape index (κ3) is 5.11. The summed E-state index contributed by atoms with van der Waals surface area (Å²) in [5.74, 6) is -1.39. The van der Waals surface area contributed by atoms with Crippen molar-refractivity contribution in [3.8, 4) is 0 Å². The van der Waals surface area contributed by atoms with Gasteiger partial charge in [0.1, 0.15) is 10.9 Å². The zero-order valence-corrected chi connectivity index (χ0v) is 19.4. The number of nitrogens with zero attached hydrogens (tertiary/aromatic N) is 1. The second kappa shape index (κ2) is 9.92. The van der Waals surface area contributed by atoms with Crippen LogP contribution in [0.25, 0.3) is 10.8 Å². The van der Waals surface area contributed by atoms with E-state index < -0.39 is 34.1 Å². The van der Waals surface area contributed by atoms with Gasteiger partial charge in [-0.1, -0.05) is 54.6 Å². The van der Waals surface area contributed by atoms with Crippen LogP contribution in [0.4, 0.5) is 0 Å². The van der Waals surface area contributed by atoms with Crippen molar-refractivity contribution in [1.29, 1.82) is 0 Å². The summed E-state index contributed by atoms with van der Waals surface area (Å²) in [4.78, 5) is 27.0. The summed E-state index contributed by atoms with van der Waals surface area (Å²) >= 11 is 0. The maximum atomic E-state index is 13.0. The minimum absolute atomic E-state index is 0.118. The lowest BCUT2D eigenvalue weighted by Gasteiger charge is -2.26. The molecule has 1 fully saturated rings. The molecular formula is C25H27N3O5S. The van der Waals surface area contributed by atoms with Crippen LogP contribution in [0.15, 0.2) is 71.6 Å². The molecule has 0 radical (unpaired) electrons. The Balaban J connectivity index is 1.44. The van der Waals surface area contributed by atoms with Crippen molar-refractivity contribution in [2.45, 2.75) is 42.8 Å². The SMILES string of the molecule is NCc1ccc(C[C@H](N)C(=O)N2CCC[C@H]2C(=O)OS(=O)(=O)c2ccc3ccccc3c2)cc1. The minimum atomic E-state index is -4.34. The van der Waals surface area contributed by atoms with Gasteiger partial charge in [-0.25, -0.2) is 4.79 Å². The predicted octanol–water partition coefficient (Wildman–Crippen LogP) is 2.09. The number of hydrogen-bond donors (Lipinski definition) is 2. The van der Waals surface area contributed by atoms with E-state index >= 15 is 0 Å². The summed E-state index contributed by atoms with van der Waals surface area (Å²) in [5.41, 5.74) is 13.6. The van der Waals surface area contributed by atoms with Crippen LogP contribution in [-0.4, -0.2) is 43.8 Å². The second-order valence-corrected chi connectivity index (χ2v) is 9.93. The van der Waals surface area contributed by atoms with E-state index in [0.717, 1.165) is 16.5 Å². The molecule has 3 aromatic carbocycles. The Morgan fingerprint density at radius 2 is 1.68 bits per heavy atom. The zero-order chi connectivity index (χ0) is 24.3. The molecule has 4 rings (SSSR count). The third-order valence-electron chi connectivity index (χ3n) is 6.04. The molecule has 0 aliphatic carbocycles. The standard InChI is InChI=1S/C25H27N3O5S/c26-16-18-9-7-17(8-10-18)14-22(27)24(29)28-13-3-6-23(28)25(30)33-34(31,32)21-12-11-19-4-1-2-5-20(19)15-21/h1-2,4-5,7-12,15,22-23H,3,6,13-14,16,26-27H2/t22-,23-/m0/s1. The van der Waals surface area contributed by atoms with Crippen LogP contribution in [0.2, 0.25) is 0 Å². The first-order chi connectivity index (χ1) is 16.3. The number of likely N-dealkylation sites (tertiary alicyclic amines) is 1. The summed E-state index contributed by atoms with van der Waals surface area (Å²) in [7, 11) is -4.34. The molecule has 1 heterocycles. The number of rotatable bonds is 7. The summed E-state index contributed by atoms with van der Waals surface area (Å²) < 4.78 is 30.5. The van der Waals surface area contributed by atoms with Crippen LogP contribution in [0.1, 0.15) is 24.0 Å². The number of amides is 1. The van der Waals surface area contributed by atoms with E-state index in [1.807, 2.05) is 36.4 Å². The zero-order valence-electron chi connectivity index (χ0n) is 18.6. The lowest BCUT2D eigenvalue weighted by Crippen LogP contribution is -2.49. The normalized spacial score (nSPS) is 17.0. The second-order valence-electron chi connectivity index (χ2n) is 8.39. The molecule has 178 valence electrons. The van der Waals surface area contributed by atoms with Gasteiger partial charge >= 0.3 is 16.1 Å². The molecule has 0 bridgehead atoms. The van der Waals surface area contributed by atoms with E-state index in [9.17, 15) is 18.0 Å². The van der Waals surface area contributed by atoms with Crippen LogP contribution in [0.3, 0.4) is 0 Å². The number of carbonyl (C=O) groups excluding carboxylic acids is 2. The number of hydrogen-bond acceptors (Lipinski definition) is 7. The molecule has 8 nitrogen and oxygen atoms in total. The Hall–Kier alpha value is -3.27. The quantitative estimate of drug-likeness (QED) is 0.494. The van der Waals surface area contributed by atoms with Gasteiger partial charge in [-0.3, -0.25) is 4.79 Å². The molecule has 9 heteroatoms. The molecule has 0 saturated carbocycles. The van der Waals surface area contributed by atoms with Gasteiger partial charge < -0.3 is 20.6 Å². The molecule has 3 aromatic rings. The molecule has 0 spiro atoms. The average molecular weight is 482 g/mol. The van der Waals surface area contributed by atoms with Gasteiger partial charge in [-0.2, -0.15) is 8.42 Å². The maximum absolute atomic E-state index is 13.0. The Labute approximate surface area is 198 Å². The molecule has 0 unspecified atom stereocenters. The van der Waals surface area contributed by atoms with Gasteiger partial charge in [-0.05, 0) is 53.3 Å². The van der Waals surface area contributed by atoms with Gasteiger partial charge in [0, 0.05) is 13.1 Å². The van der Waals surface area contributed by atoms with Gasteiger partial charge in [-0.15, -0.1) is 0 Å². The van der Waals surface area contributed by atoms with Gasteiger partial charge in [0.05, 0.1) is 6.04 Å². The molecule has 1 saturated heterocycles. The molecule has 0 aromatic heterocycles. The number of fused-ring (bicyclic) bond motifs is 1. The first-order valence-corrected chi connectivity index (χ1v) is 12.5. The van der Waals surface area contributed by atoms with E-state index in [4.69, 9.17) is 15.7 Å². The number of benzene rings is 3. The highest BCUT2D eigenvalue weighted by molar-refractivity contribution is 7.87. The van der Waals surface area contributed by atoms with Crippen molar-refractivity contribution in [3.63, 3.8) is 0 Å². The lowest BCUT2D eigenvalue weighted by atomic mass is 10.0. The summed E-state index contributed by atoms with van der Waals surface area (Å²) in [6, 6.07) is 17.4. The van der Waals surface area contributed by atoms with Crippen LogP contribution < -0.4 is 11.5 Å². The van der Waals surface area contributed by atoms with Crippen LogP contribution in [0.5, 0.6) is 0 Å². The topological polar surface area (TPSA) is 133 Å². The largest absolute Gasteiger partial charge is 0.344 e. The fraction of sp³-hybridized carbons (Fsp3) is 0.280. The van der Waals surface area contributed by atoms with E-state index in [0.29, 0.717) is 31.3 Å². The molecule has 4 N–H and O–H groups in total. The van der Waals surface area contributed by atoms with Crippen molar-refractivity contribution in [2.75, 3.05) is 6.54 Å². The Morgan fingerprint density at radius 1 is 1.00 bits per heavy atom. The fourth-order valence-electron chi connectivity index (χ4n) is 4.18. The van der Waals surface area contributed by atoms with Crippen LogP contribution in [-0.2, 0) is 36.9 Å². The van der Waals surface area contributed by atoms with Gasteiger partial charge in [0.15, 0.2) is 0 Å². The number of carbonyl (C=O) groups is 2. The van der Waals surface area contributed by atoms with E-state index in [-0.39, 0.29) is 11.3 Å². The summed E-state index contributed by atoms with van der Waals surface area (Å²) in [6.45, 7) is 0.735.